The first kappa shape index (κ1) is 13.2. The van der Waals surface area contributed by atoms with Crippen LogP contribution in [0.3, 0.4) is 0 Å². The van der Waals surface area contributed by atoms with Crippen LogP contribution >= 0.6 is 15.9 Å². The van der Waals surface area contributed by atoms with Crippen LogP contribution in [0.25, 0.3) is 0 Å². The van der Waals surface area contributed by atoms with Gasteiger partial charge in [0, 0.05) is 29.4 Å². The molecule has 0 aliphatic heterocycles. The molecular formula is C14H14BrFN2. The number of pyridine rings is 1. The predicted octanol–water partition coefficient (Wildman–Crippen LogP) is 3.79. The maximum Gasteiger partial charge on any atom is 0.142 e. The van der Waals surface area contributed by atoms with Crippen molar-refractivity contribution in [2.45, 2.75) is 18.9 Å². The molecule has 1 aromatic carbocycles. The molecule has 94 valence electrons. The number of hydrogen-bond donors (Lipinski definition) is 1. The first-order valence-electron chi connectivity index (χ1n) is 5.71. The highest BCUT2D eigenvalue weighted by Gasteiger charge is 2.21. The normalized spacial score (nSPS) is 14.2. The van der Waals surface area contributed by atoms with Crippen LogP contribution < -0.4 is 5.73 Å². The number of rotatable bonds is 3. The van der Waals surface area contributed by atoms with Gasteiger partial charge in [-0.2, -0.15) is 0 Å². The highest BCUT2D eigenvalue weighted by Crippen LogP contribution is 2.31. The second-order valence-corrected chi connectivity index (χ2v) is 5.07. The summed E-state index contributed by atoms with van der Waals surface area (Å²) in [4.78, 5) is 4.26. The highest BCUT2D eigenvalue weighted by atomic mass is 79.9. The van der Waals surface area contributed by atoms with Crippen molar-refractivity contribution in [3.8, 4) is 0 Å². The molecule has 0 radical (unpaired) electrons. The van der Waals surface area contributed by atoms with Gasteiger partial charge in [-0.1, -0.05) is 25.1 Å². The van der Waals surface area contributed by atoms with E-state index in [0.717, 1.165) is 5.69 Å². The predicted molar refractivity (Wildman–Crippen MR) is 73.7 cm³/mol. The molecule has 1 aromatic heterocycles. The van der Waals surface area contributed by atoms with Gasteiger partial charge in [0.25, 0.3) is 0 Å². The Morgan fingerprint density at radius 3 is 2.67 bits per heavy atom. The first-order valence-corrected chi connectivity index (χ1v) is 6.51. The standard InChI is InChI=1S/C14H14BrFN2/c1-9(12-7-2-3-8-18-12)14(17)10-5-4-6-11(15)13(10)16/h2-9,14H,17H2,1H3. The first-order chi connectivity index (χ1) is 8.61. The van der Waals surface area contributed by atoms with Crippen molar-refractivity contribution in [2.75, 3.05) is 0 Å². The topological polar surface area (TPSA) is 38.9 Å². The molecule has 0 amide bonds. The average Bonchev–Trinajstić information content (AvgIpc) is 2.41. The summed E-state index contributed by atoms with van der Waals surface area (Å²) in [5, 5.41) is 0. The maximum atomic E-state index is 14.0. The summed E-state index contributed by atoms with van der Waals surface area (Å²) in [5.41, 5.74) is 7.51. The van der Waals surface area contributed by atoms with E-state index in [-0.39, 0.29) is 11.7 Å². The van der Waals surface area contributed by atoms with Crippen LogP contribution in [0.4, 0.5) is 4.39 Å². The minimum Gasteiger partial charge on any atom is -0.323 e. The van der Waals surface area contributed by atoms with Crippen molar-refractivity contribution in [3.63, 3.8) is 0 Å². The fourth-order valence-electron chi connectivity index (χ4n) is 1.88. The van der Waals surface area contributed by atoms with Gasteiger partial charge in [-0.05, 0) is 34.1 Å². The zero-order valence-corrected chi connectivity index (χ0v) is 11.6. The number of benzene rings is 1. The molecule has 2 aromatic rings. The second kappa shape index (κ2) is 5.59. The summed E-state index contributed by atoms with van der Waals surface area (Å²) >= 11 is 3.17. The molecule has 0 saturated carbocycles. The summed E-state index contributed by atoms with van der Waals surface area (Å²) in [5.74, 6) is -0.345. The molecule has 2 rings (SSSR count). The quantitative estimate of drug-likeness (QED) is 0.937. The monoisotopic (exact) mass is 308 g/mol. The van der Waals surface area contributed by atoms with Crippen molar-refractivity contribution >= 4 is 15.9 Å². The van der Waals surface area contributed by atoms with E-state index in [1.54, 1.807) is 24.4 Å². The van der Waals surface area contributed by atoms with E-state index in [4.69, 9.17) is 5.73 Å². The molecular weight excluding hydrogens is 295 g/mol. The van der Waals surface area contributed by atoms with Crippen LogP contribution in [-0.4, -0.2) is 4.98 Å². The van der Waals surface area contributed by atoms with Crippen LogP contribution in [0.5, 0.6) is 0 Å². The summed E-state index contributed by atoms with van der Waals surface area (Å²) in [6, 6.07) is 10.4. The fraction of sp³-hybridized carbons (Fsp3) is 0.214. The Hall–Kier alpha value is -1.26. The van der Waals surface area contributed by atoms with Gasteiger partial charge in [0.2, 0.25) is 0 Å². The van der Waals surface area contributed by atoms with Crippen molar-refractivity contribution < 1.29 is 4.39 Å². The van der Waals surface area contributed by atoms with Crippen LogP contribution in [-0.2, 0) is 0 Å². The van der Waals surface area contributed by atoms with Crippen molar-refractivity contribution in [2.24, 2.45) is 5.73 Å². The third-order valence-corrected chi connectivity index (χ3v) is 3.65. The Morgan fingerprint density at radius 1 is 1.22 bits per heavy atom. The maximum absolute atomic E-state index is 14.0. The number of nitrogens with two attached hydrogens (primary N) is 1. The average molecular weight is 309 g/mol. The largest absolute Gasteiger partial charge is 0.323 e. The number of halogens is 2. The molecule has 2 N–H and O–H groups in total. The van der Waals surface area contributed by atoms with Gasteiger partial charge >= 0.3 is 0 Å². The van der Waals surface area contributed by atoms with E-state index in [0.29, 0.717) is 10.0 Å². The van der Waals surface area contributed by atoms with E-state index in [1.165, 1.54) is 0 Å². The minimum atomic E-state index is -0.419. The van der Waals surface area contributed by atoms with E-state index < -0.39 is 6.04 Å². The lowest BCUT2D eigenvalue weighted by molar-refractivity contribution is 0.530. The lowest BCUT2D eigenvalue weighted by Crippen LogP contribution is -2.19. The molecule has 1 heterocycles. The summed E-state index contributed by atoms with van der Waals surface area (Å²) in [6.07, 6.45) is 1.72. The van der Waals surface area contributed by atoms with Crippen LogP contribution in [0.2, 0.25) is 0 Å². The third-order valence-electron chi connectivity index (χ3n) is 3.03. The summed E-state index contributed by atoms with van der Waals surface area (Å²) < 4.78 is 14.4. The zero-order chi connectivity index (χ0) is 13.1. The van der Waals surface area contributed by atoms with Gasteiger partial charge in [0.15, 0.2) is 0 Å². The Morgan fingerprint density at radius 2 is 2.00 bits per heavy atom. The smallest absolute Gasteiger partial charge is 0.142 e. The van der Waals surface area contributed by atoms with Gasteiger partial charge in [-0.25, -0.2) is 4.39 Å². The van der Waals surface area contributed by atoms with Crippen LogP contribution in [0.15, 0.2) is 47.1 Å². The molecule has 18 heavy (non-hydrogen) atoms. The van der Waals surface area contributed by atoms with Crippen molar-refractivity contribution in [1.82, 2.24) is 4.98 Å². The Bertz CT molecular complexity index is 531. The summed E-state index contributed by atoms with van der Waals surface area (Å²) in [7, 11) is 0. The van der Waals surface area contributed by atoms with Gasteiger partial charge in [0.05, 0.1) is 4.47 Å². The van der Waals surface area contributed by atoms with E-state index >= 15 is 0 Å². The molecule has 0 spiro atoms. The van der Waals surface area contributed by atoms with Gasteiger partial charge in [-0.15, -0.1) is 0 Å². The molecule has 0 aliphatic rings. The fourth-order valence-corrected chi connectivity index (χ4v) is 2.26. The van der Waals surface area contributed by atoms with Gasteiger partial charge < -0.3 is 5.73 Å². The number of hydrogen-bond acceptors (Lipinski definition) is 2. The van der Waals surface area contributed by atoms with Gasteiger partial charge in [0.1, 0.15) is 5.82 Å². The van der Waals surface area contributed by atoms with Crippen LogP contribution in [0, 0.1) is 5.82 Å². The molecule has 2 nitrogen and oxygen atoms in total. The highest BCUT2D eigenvalue weighted by molar-refractivity contribution is 9.10. The van der Waals surface area contributed by atoms with E-state index in [1.807, 2.05) is 25.1 Å². The third kappa shape index (κ3) is 2.60. The Balaban J connectivity index is 2.31. The molecule has 0 aliphatic carbocycles. The number of aromatic nitrogens is 1. The SMILES string of the molecule is CC(c1ccccn1)C(N)c1cccc(Br)c1F. The zero-order valence-electron chi connectivity index (χ0n) is 9.98. The summed E-state index contributed by atoms with van der Waals surface area (Å²) in [6.45, 7) is 1.95. The molecule has 0 fully saturated rings. The molecule has 0 bridgehead atoms. The Labute approximate surface area is 114 Å². The van der Waals surface area contributed by atoms with Crippen molar-refractivity contribution in [3.05, 3.63) is 64.1 Å². The molecule has 0 saturated heterocycles. The van der Waals surface area contributed by atoms with Gasteiger partial charge in [-0.3, -0.25) is 4.98 Å². The molecule has 2 atom stereocenters. The van der Waals surface area contributed by atoms with Crippen LogP contribution in [0.1, 0.15) is 30.1 Å². The van der Waals surface area contributed by atoms with Crippen molar-refractivity contribution in [1.29, 1.82) is 0 Å². The van der Waals surface area contributed by atoms with E-state index in [9.17, 15) is 4.39 Å². The lowest BCUT2D eigenvalue weighted by atomic mass is 9.92. The molecule has 2 unspecified atom stereocenters. The number of nitrogens with zero attached hydrogens (tertiary/aromatic N) is 1. The second-order valence-electron chi connectivity index (χ2n) is 4.21. The lowest BCUT2D eigenvalue weighted by Gasteiger charge is -2.20. The Kier molecular flexibility index (Phi) is 4.09. The minimum absolute atomic E-state index is 0.0463. The van der Waals surface area contributed by atoms with E-state index in [2.05, 4.69) is 20.9 Å². The molecule has 4 heteroatoms.